The minimum absolute atomic E-state index is 0.382. The second-order valence-corrected chi connectivity index (χ2v) is 5.52. The standard InChI is InChI=1S/C14H21N5O/c1-17-6-11(4-15-17)7-19-8-12-5-16-18(2)14(12)13(9-19)10-20-3/h4-6,13H,7-10H2,1-3H3. The van der Waals surface area contributed by atoms with Gasteiger partial charge in [0.1, 0.15) is 0 Å². The van der Waals surface area contributed by atoms with Gasteiger partial charge in [0.2, 0.25) is 0 Å². The Bertz CT molecular complexity index is 588. The van der Waals surface area contributed by atoms with Crippen molar-refractivity contribution in [2.45, 2.75) is 19.0 Å². The summed E-state index contributed by atoms with van der Waals surface area (Å²) < 4.78 is 9.22. The highest BCUT2D eigenvalue weighted by atomic mass is 16.5. The molecule has 0 radical (unpaired) electrons. The summed E-state index contributed by atoms with van der Waals surface area (Å²) in [4.78, 5) is 2.44. The normalized spacial score (nSPS) is 19.2. The molecule has 0 aliphatic carbocycles. The molecule has 108 valence electrons. The number of nitrogens with zero attached hydrogens (tertiary/aromatic N) is 5. The van der Waals surface area contributed by atoms with Crippen LogP contribution < -0.4 is 0 Å². The summed E-state index contributed by atoms with van der Waals surface area (Å²) in [6, 6.07) is 0. The molecule has 6 heteroatoms. The van der Waals surface area contributed by atoms with Crippen molar-refractivity contribution in [3.8, 4) is 0 Å². The van der Waals surface area contributed by atoms with Crippen molar-refractivity contribution in [2.24, 2.45) is 14.1 Å². The molecule has 2 aromatic heterocycles. The van der Waals surface area contributed by atoms with Crippen LogP contribution in [0, 0.1) is 0 Å². The van der Waals surface area contributed by atoms with Gasteiger partial charge in [-0.1, -0.05) is 0 Å². The first-order valence-electron chi connectivity index (χ1n) is 6.87. The zero-order valence-corrected chi connectivity index (χ0v) is 12.3. The van der Waals surface area contributed by atoms with Crippen LogP contribution in [0.1, 0.15) is 22.7 Å². The van der Waals surface area contributed by atoms with Crippen LogP contribution in [0.15, 0.2) is 18.6 Å². The van der Waals surface area contributed by atoms with Crippen molar-refractivity contribution < 1.29 is 4.74 Å². The van der Waals surface area contributed by atoms with E-state index in [9.17, 15) is 0 Å². The first kappa shape index (κ1) is 13.3. The van der Waals surface area contributed by atoms with Crippen molar-refractivity contribution in [2.75, 3.05) is 20.3 Å². The smallest absolute Gasteiger partial charge is 0.0558 e. The van der Waals surface area contributed by atoms with Crippen LogP contribution in [-0.4, -0.2) is 44.7 Å². The number of ether oxygens (including phenoxy) is 1. The zero-order valence-electron chi connectivity index (χ0n) is 12.3. The molecule has 0 amide bonds. The van der Waals surface area contributed by atoms with Crippen LogP contribution >= 0.6 is 0 Å². The van der Waals surface area contributed by atoms with Crippen molar-refractivity contribution in [3.63, 3.8) is 0 Å². The first-order chi connectivity index (χ1) is 9.67. The molecule has 3 heterocycles. The van der Waals surface area contributed by atoms with E-state index in [0.717, 1.165) is 26.2 Å². The third-order valence-electron chi connectivity index (χ3n) is 3.86. The Morgan fingerprint density at radius 3 is 2.85 bits per heavy atom. The zero-order chi connectivity index (χ0) is 14.1. The molecule has 0 saturated carbocycles. The Kier molecular flexibility index (Phi) is 3.58. The highest BCUT2D eigenvalue weighted by molar-refractivity contribution is 5.25. The van der Waals surface area contributed by atoms with Crippen molar-refractivity contribution >= 4 is 0 Å². The molecule has 1 atom stereocenters. The first-order valence-corrected chi connectivity index (χ1v) is 6.87. The topological polar surface area (TPSA) is 48.1 Å². The van der Waals surface area contributed by atoms with Gasteiger partial charge in [-0.2, -0.15) is 10.2 Å². The van der Waals surface area contributed by atoms with E-state index >= 15 is 0 Å². The van der Waals surface area contributed by atoms with Gasteiger partial charge in [0.15, 0.2) is 0 Å². The van der Waals surface area contributed by atoms with E-state index in [1.165, 1.54) is 16.8 Å². The number of aromatic nitrogens is 4. The summed E-state index contributed by atoms with van der Waals surface area (Å²) in [5.41, 5.74) is 3.87. The summed E-state index contributed by atoms with van der Waals surface area (Å²) in [5.74, 6) is 0.382. The van der Waals surface area contributed by atoms with Gasteiger partial charge in [-0.25, -0.2) is 0 Å². The molecule has 0 fully saturated rings. The maximum Gasteiger partial charge on any atom is 0.0558 e. The van der Waals surface area contributed by atoms with E-state index < -0.39 is 0 Å². The molecule has 0 N–H and O–H groups in total. The fraction of sp³-hybridized carbons (Fsp3) is 0.571. The highest BCUT2D eigenvalue weighted by Gasteiger charge is 2.28. The second kappa shape index (κ2) is 5.38. The van der Waals surface area contributed by atoms with Crippen LogP contribution in [-0.2, 0) is 31.9 Å². The molecule has 0 spiro atoms. The monoisotopic (exact) mass is 275 g/mol. The van der Waals surface area contributed by atoms with Crippen LogP contribution in [0.5, 0.6) is 0 Å². The Morgan fingerprint density at radius 2 is 2.15 bits per heavy atom. The van der Waals surface area contributed by atoms with Gasteiger partial charge < -0.3 is 4.74 Å². The van der Waals surface area contributed by atoms with E-state index in [2.05, 4.69) is 21.3 Å². The quantitative estimate of drug-likeness (QED) is 0.832. The van der Waals surface area contributed by atoms with Crippen molar-refractivity contribution in [1.29, 1.82) is 0 Å². The second-order valence-electron chi connectivity index (χ2n) is 5.52. The lowest BCUT2D eigenvalue weighted by molar-refractivity contribution is 0.132. The summed E-state index contributed by atoms with van der Waals surface area (Å²) >= 11 is 0. The summed E-state index contributed by atoms with van der Waals surface area (Å²) in [5, 5.41) is 8.63. The van der Waals surface area contributed by atoms with Gasteiger partial charge in [-0.15, -0.1) is 0 Å². The molecule has 0 bridgehead atoms. The van der Waals surface area contributed by atoms with Gasteiger partial charge in [0.25, 0.3) is 0 Å². The van der Waals surface area contributed by atoms with Gasteiger partial charge >= 0.3 is 0 Å². The molecule has 1 unspecified atom stereocenters. The van der Waals surface area contributed by atoms with Gasteiger partial charge in [0.05, 0.1) is 19.0 Å². The minimum atomic E-state index is 0.382. The molecule has 3 rings (SSSR count). The van der Waals surface area contributed by atoms with E-state index in [1.807, 2.05) is 35.9 Å². The molecule has 2 aromatic rings. The Labute approximate surface area is 118 Å². The Hall–Kier alpha value is -1.66. The molecule has 0 aromatic carbocycles. The van der Waals surface area contributed by atoms with Crippen LogP contribution in [0.25, 0.3) is 0 Å². The lowest BCUT2D eigenvalue weighted by atomic mass is 9.96. The predicted octanol–water partition coefficient (Wildman–Crippen LogP) is 0.899. The maximum atomic E-state index is 5.38. The fourth-order valence-electron chi connectivity index (χ4n) is 3.11. The number of hydrogen-bond acceptors (Lipinski definition) is 4. The number of rotatable bonds is 4. The van der Waals surface area contributed by atoms with Gasteiger partial charge in [-0.05, 0) is 0 Å². The Morgan fingerprint density at radius 1 is 1.30 bits per heavy atom. The lowest BCUT2D eigenvalue weighted by Gasteiger charge is -2.32. The van der Waals surface area contributed by atoms with Crippen molar-refractivity contribution in [1.82, 2.24) is 24.5 Å². The third kappa shape index (κ3) is 2.48. The van der Waals surface area contributed by atoms with Crippen LogP contribution in [0.4, 0.5) is 0 Å². The number of methoxy groups -OCH3 is 1. The van der Waals surface area contributed by atoms with Crippen molar-refractivity contribution in [3.05, 3.63) is 35.4 Å². The fourth-order valence-corrected chi connectivity index (χ4v) is 3.11. The molecule has 1 aliphatic rings. The Balaban J connectivity index is 1.79. The molecule has 0 saturated heterocycles. The van der Waals surface area contributed by atoms with Crippen LogP contribution in [0.3, 0.4) is 0 Å². The highest BCUT2D eigenvalue weighted by Crippen LogP contribution is 2.28. The number of aryl methyl sites for hydroxylation is 2. The average Bonchev–Trinajstić information content (AvgIpc) is 2.97. The number of hydrogen-bond donors (Lipinski definition) is 0. The van der Waals surface area contributed by atoms with E-state index in [1.54, 1.807) is 7.11 Å². The average molecular weight is 275 g/mol. The van der Waals surface area contributed by atoms with Crippen LogP contribution in [0.2, 0.25) is 0 Å². The summed E-state index contributed by atoms with van der Waals surface area (Å²) in [7, 11) is 5.72. The van der Waals surface area contributed by atoms with Gasteiger partial charge in [-0.3, -0.25) is 14.3 Å². The largest absolute Gasteiger partial charge is 0.384 e. The molecule has 1 aliphatic heterocycles. The lowest BCUT2D eigenvalue weighted by Crippen LogP contribution is -2.35. The predicted molar refractivity (Wildman–Crippen MR) is 75.1 cm³/mol. The molecular weight excluding hydrogens is 254 g/mol. The van der Waals surface area contributed by atoms with E-state index in [-0.39, 0.29) is 0 Å². The van der Waals surface area contributed by atoms with E-state index in [4.69, 9.17) is 4.74 Å². The third-order valence-corrected chi connectivity index (χ3v) is 3.86. The van der Waals surface area contributed by atoms with E-state index in [0.29, 0.717) is 5.92 Å². The maximum absolute atomic E-state index is 5.38. The minimum Gasteiger partial charge on any atom is -0.384 e. The molecule has 20 heavy (non-hydrogen) atoms. The molecule has 6 nitrogen and oxygen atoms in total. The SMILES string of the molecule is COCC1CN(Cc2cnn(C)c2)Cc2cnn(C)c21. The summed E-state index contributed by atoms with van der Waals surface area (Å²) in [6.07, 6.45) is 5.99. The van der Waals surface area contributed by atoms with Gasteiger partial charge in [0, 0.05) is 69.8 Å². The molecular formula is C14H21N5O. The summed E-state index contributed by atoms with van der Waals surface area (Å²) in [6.45, 7) is 3.59. The number of fused-ring (bicyclic) bond motifs is 1.